The molecule has 0 heterocycles. The maximum absolute atomic E-state index is 10.6. The van der Waals surface area contributed by atoms with Crippen molar-refractivity contribution < 1.29 is 5.11 Å². The van der Waals surface area contributed by atoms with Crippen LogP contribution in [0.25, 0.3) is 0 Å². The highest BCUT2D eigenvalue weighted by Crippen LogP contribution is 2.35. The van der Waals surface area contributed by atoms with Gasteiger partial charge in [0.1, 0.15) is 0 Å². The van der Waals surface area contributed by atoms with Gasteiger partial charge in [0.2, 0.25) is 0 Å². The number of aliphatic hydroxyl groups excluding tert-OH is 1. The lowest BCUT2D eigenvalue weighted by Gasteiger charge is -2.23. The quantitative estimate of drug-likeness (QED) is 0.787. The molecule has 0 radical (unpaired) electrons. The molecule has 0 aliphatic carbocycles. The average Bonchev–Trinajstić information content (AvgIpc) is 2.50. The number of halogens is 2. The van der Waals surface area contributed by atoms with Crippen molar-refractivity contribution in [1.82, 2.24) is 0 Å². The summed E-state index contributed by atoms with van der Waals surface area (Å²) in [5.41, 5.74) is 7.49. The highest BCUT2D eigenvalue weighted by molar-refractivity contribution is 7.98. The van der Waals surface area contributed by atoms with Crippen LogP contribution in [0.15, 0.2) is 47.4 Å². The first-order chi connectivity index (χ1) is 10.1. The molecule has 5 heteroatoms. The van der Waals surface area contributed by atoms with Gasteiger partial charge in [-0.2, -0.15) is 0 Å². The molecule has 0 bridgehead atoms. The van der Waals surface area contributed by atoms with Gasteiger partial charge >= 0.3 is 0 Å². The lowest BCUT2D eigenvalue weighted by atomic mass is 9.89. The van der Waals surface area contributed by atoms with Crippen molar-refractivity contribution in [3.8, 4) is 0 Å². The number of benzene rings is 2. The van der Waals surface area contributed by atoms with E-state index in [1.807, 2.05) is 36.6 Å². The minimum Gasteiger partial charge on any atom is -0.388 e. The molecule has 3 N–H and O–H groups in total. The molecule has 0 aliphatic rings. The number of rotatable bonds is 5. The van der Waals surface area contributed by atoms with Gasteiger partial charge in [-0.15, -0.1) is 11.8 Å². The van der Waals surface area contributed by atoms with E-state index in [9.17, 15) is 5.11 Å². The molecule has 0 aliphatic heterocycles. The number of hydrogen-bond donors (Lipinski definition) is 2. The van der Waals surface area contributed by atoms with Crippen LogP contribution < -0.4 is 5.73 Å². The zero-order chi connectivity index (χ0) is 15.4. The zero-order valence-electron chi connectivity index (χ0n) is 11.6. The summed E-state index contributed by atoms with van der Waals surface area (Å²) in [7, 11) is 0. The molecular weight excluding hydrogens is 325 g/mol. The summed E-state index contributed by atoms with van der Waals surface area (Å²) in [6, 6.07) is 13.1. The Morgan fingerprint density at radius 1 is 1.14 bits per heavy atom. The maximum atomic E-state index is 10.6. The smallest absolute Gasteiger partial charge is 0.0871 e. The standard InChI is InChI=1S/C16H17Cl2NOS/c1-21-12-5-2-10(3-6-12)16(20)14(9-19)13-7-4-11(17)8-15(13)18/h2-8,14,16,20H,9,19H2,1H3. The van der Waals surface area contributed by atoms with E-state index in [0.29, 0.717) is 16.6 Å². The lowest BCUT2D eigenvalue weighted by Crippen LogP contribution is -2.20. The van der Waals surface area contributed by atoms with Crippen molar-refractivity contribution >= 4 is 35.0 Å². The van der Waals surface area contributed by atoms with E-state index >= 15 is 0 Å². The molecule has 2 aromatic rings. The van der Waals surface area contributed by atoms with E-state index in [-0.39, 0.29) is 5.92 Å². The van der Waals surface area contributed by atoms with E-state index in [1.54, 1.807) is 23.9 Å². The van der Waals surface area contributed by atoms with Gasteiger partial charge in [-0.3, -0.25) is 0 Å². The Morgan fingerprint density at radius 2 is 1.81 bits per heavy atom. The first-order valence-electron chi connectivity index (χ1n) is 6.54. The Bertz CT molecular complexity index is 604. The molecular formula is C16H17Cl2NOS. The summed E-state index contributed by atoms with van der Waals surface area (Å²) in [6.07, 6.45) is 1.31. The molecule has 2 rings (SSSR count). The SMILES string of the molecule is CSc1ccc(C(O)C(CN)c2ccc(Cl)cc2Cl)cc1. The maximum Gasteiger partial charge on any atom is 0.0871 e. The van der Waals surface area contributed by atoms with Gasteiger partial charge in [0, 0.05) is 27.4 Å². The molecule has 21 heavy (non-hydrogen) atoms. The molecule has 112 valence electrons. The Kier molecular flexibility index (Phi) is 5.97. The van der Waals surface area contributed by atoms with Crippen LogP contribution in [0.5, 0.6) is 0 Å². The normalized spacial score (nSPS) is 14.0. The van der Waals surface area contributed by atoms with Crippen molar-refractivity contribution in [2.75, 3.05) is 12.8 Å². The molecule has 0 aromatic heterocycles. The van der Waals surface area contributed by atoms with E-state index < -0.39 is 6.10 Å². The minimum absolute atomic E-state index is 0.269. The highest BCUT2D eigenvalue weighted by atomic mass is 35.5. The summed E-state index contributed by atoms with van der Waals surface area (Å²) >= 11 is 13.8. The van der Waals surface area contributed by atoms with Gasteiger partial charge in [-0.1, -0.05) is 41.4 Å². The fraction of sp³-hybridized carbons (Fsp3) is 0.250. The summed E-state index contributed by atoms with van der Waals surface area (Å²) in [4.78, 5) is 1.15. The predicted molar refractivity (Wildman–Crippen MR) is 91.4 cm³/mol. The van der Waals surface area contributed by atoms with Gasteiger partial charge in [-0.25, -0.2) is 0 Å². The lowest BCUT2D eigenvalue weighted by molar-refractivity contribution is 0.147. The topological polar surface area (TPSA) is 46.2 Å². The third-order valence-corrected chi connectivity index (χ3v) is 4.76. The predicted octanol–water partition coefficient (Wildman–Crippen LogP) is 4.49. The Hall–Kier alpha value is -0.710. The van der Waals surface area contributed by atoms with E-state index in [1.165, 1.54) is 0 Å². The third kappa shape index (κ3) is 3.93. The second-order valence-corrected chi connectivity index (χ2v) is 6.45. The van der Waals surface area contributed by atoms with Gasteiger partial charge in [0.05, 0.1) is 6.10 Å². The van der Waals surface area contributed by atoms with Gasteiger partial charge < -0.3 is 10.8 Å². The van der Waals surface area contributed by atoms with Crippen LogP contribution in [0.4, 0.5) is 0 Å². The molecule has 0 spiro atoms. The van der Waals surface area contributed by atoms with Crippen molar-refractivity contribution in [3.05, 3.63) is 63.6 Å². The second kappa shape index (κ2) is 7.52. The Morgan fingerprint density at radius 3 is 2.33 bits per heavy atom. The molecule has 2 aromatic carbocycles. The van der Waals surface area contributed by atoms with E-state index in [2.05, 4.69) is 0 Å². The van der Waals surface area contributed by atoms with Crippen LogP contribution in [-0.2, 0) is 0 Å². The van der Waals surface area contributed by atoms with Gasteiger partial charge in [0.15, 0.2) is 0 Å². The van der Waals surface area contributed by atoms with Crippen LogP contribution in [0.3, 0.4) is 0 Å². The molecule has 2 atom stereocenters. The monoisotopic (exact) mass is 341 g/mol. The van der Waals surface area contributed by atoms with Crippen molar-refractivity contribution in [2.45, 2.75) is 16.9 Å². The van der Waals surface area contributed by atoms with Crippen LogP contribution in [0.1, 0.15) is 23.1 Å². The molecule has 0 saturated heterocycles. The first kappa shape index (κ1) is 16.7. The van der Waals surface area contributed by atoms with Crippen molar-refractivity contribution in [2.24, 2.45) is 5.73 Å². The molecule has 2 unspecified atom stereocenters. The fourth-order valence-electron chi connectivity index (χ4n) is 2.26. The van der Waals surface area contributed by atoms with Crippen LogP contribution in [-0.4, -0.2) is 17.9 Å². The van der Waals surface area contributed by atoms with Gasteiger partial charge in [0.25, 0.3) is 0 Å². The van der Waals surface area contributed by atoms with Crippen molar-refractivity contribution in [1.29, 1.82) is 0 Å². The second-order valence-electron chi connectivity index (χ2n) is 4.73. The minimum atomic E-state index is -0.704. The number of aliphatic hydroxyl groups is 1. The first-order valence-corrected chi connectivity index (χ1v) is 8.52. The molecule has 0 amide bonds. The summed E-state index contributed by atoms with van der Waals surface area (Å²) in [5.74, 6) is -0.269. The van der Waals surface area contributed by atoms with Crippen LogP contribution >= 0.6 is 35.0 Å². The number of thioether (sulfide) groups is 1. The summed E-state index contributed by atoms with van der Waals surface area (Å²) in [6.45, 7) is 0.298. The van der Waals surface area contributed by atoms with Crippen molar-refractivity contribution in [3.63, 3.8) is 0 Å². The third-order valence-electron chi connectivity index (χ3n) is 3.45. The van der Waals surface area contributed by atoms with E-state index in [0.717, 1.165) is 16.0 Å². The Labute approximate surface area is 139 Å². The molecule has 2 nitrogen and oxygen atoms in total. The summed E-state index contributed by atoms with van der Waals surface area (Å²) in [5, 5.41) is 11.7. The van der Waals surface area contributed by atoms with Crippen LogP contribution in [0, 0.1) is 0 Å². The van der Waals surface area contributed by atoms with E-state index in [4.69, 9.17) is 28.9 Å². The summed E-state index contributed by atoms with van der Waals surface area (Å²) < 4.78 is 0. The van der Waals surface area contributed by atoms with Crippen LogP contribution in [0.2, 0.25) is 10.0 Å². The molecule has 0 saturated carbocycles. The number of nitrogens with two attached hydrogens (primary N) is 1. The largest absolute Gasteiger partial charge is 0.388 e. The van der Waals surface area contributed by atoms with Gasteiger partial charge in [-0.05, 0) is 41.6 Å². The zero-order valence-corrected chi connectivity index (χ0v) is 13.9. The fourth-order valence-corrected chi connectivity index (χ4v) is 3.22. The average molecular weight is 342 g/mol. The molecule has 0 fully saturated rings. The highest BCUT2D eigenvalue weighted by Gasteiger charge is 2.23. The Balaban J connectivity index is 2.30. The number of hydrogen-bond acceptors (Lipinski definition) is 3.